The summed E-state index contributed by atoms with van der Waals surface area (Å²) in [6.45, 7) is 2.91. The van der Waals surface area contributed by atoms with Gasteiger partial charge in [-0.15, -0.1) is 0 Å². The Morgan fingerprint density at radius 2 is 1.88 bits per heavy atom. The normalized spacial score (nSPS) is 16.3. The number of piperidine rings is 1. The molecule has 1 amide bonds. The minimum atomic E-state index is 0.113. The molecule has 0 bridgehead atoms. The van der Waals surface area contributed by atoms with E-state index in [1.54, 1.807) is 6.20 Å². The Balaban J connectivity index is 1.55. The number of amides is 1. The fourth-order valence-electron chi connectivity index (χ4n) is 3.47. The van der Waals surface area contributed by atoms with Crippen LogP contribution in [0.2, 0.25) is 0 Å². The smallest absolute Gasteiger partial charge is 0.220 e. The Kier molecular flexibility index (Phi) is 6.57. The van der Waals surface area contributed by atoms with Crippen molar-refractivity contribution >= 4 is 5.91 Å². The first kappa shape index (κ1) is 17.6. The predicted molar refractivity (Wildman–Crippen MR) is 100 cm³/mol. The molecule has 1 fully saturated rings. The van der Waals surface area contributed by atoms with Crippen molar-refractivity contribution < 1.29 is 4.79 Å². The molecule has 4 heteroatoms. The van der Waals surface area contributed by atoms with E-state index in [0.29, 0.717) is 13.0 Å². The van der Waals surface area contributed by atoms with E-state index in [1.165, 1.54) is 24.8 Å². The minimum Gasteiger partial charge on any atom is -0.354 e. The average molecular weight is 337 g/mol. The highest BCUT2D eigenvalue weighted by Gasteiger charge is 2.22. The molecule has 0 spiro atoms. The van der Waals surface area contributed by atoms with E-state index in [0.717, 1.165) is 25.1 Å². The third-order valence-electron chi connectivity index (χ3n) is 4.87. The summed E-state index contributed by atoms with van der Waals surface area (Å²) in [6.07, 6.45) is 8.64. The Morgan fingerprint density at radius 3 is 2.60 bits per heavy atom. The number of carbonyl (C=O) groups is 1. The van der Waals surface area contributed by atoms with E-state index in [2.05, 4.69) is 39.5 Å². The van der Waals surface area contributed by atoms with Crippen molar-refractivity contribution in [2.45, 2.75) is 38.1 Å². The number of nitrogens with one attached hydrogen (secondary N) is 1. The Bertz CT molecular complexity index is 639. The zero-order chi connectivity index (χ0) is 17.3. The standard InChI is InChI=1S/C21H27N3O/c25-21(12-11-18-8-7-13-22-16-18)23-17-20(19-9-3-1-4-10-19)24-14-5-2-6-15-24/h1,3-4,7-10,13,16,20H,2,5-6,11-12,14-15,17H2,(H,23,25)/t20-/m1/s1. The van der Waals surface area contributed by atoms with E-state index in [9.17, 15) is 4.79 Å². The quantitative estimate of drug-likeness (QED) is 0.843. The van der Waals surface area contributed by atoms with Crippen LogP contribution < -0.4 is 5.32 Å². The number of aryl methyl sites for hydroxylation is 1. The van der Waals surface area contributed by atoms with Crippen molar-refractivity contribution in [3.8, 4) is 0 Å². The maximum atomic E-state index is 12.3. The van der Waals surface area contributed by atoms with E-state index < -0.39 is 0 Å². The van der Waals surface area contributed by atoms with Crippen LogP contribution in [0, 0.1) is 0 Å². The Labute approximate surface area is 150 Å². The molecule has 2 heterocycles. The maximum absolute atomic E-state index is 12.3. The lowest BCUT2D eigenvalue weighted by Gasteiger charge is -2.35. The summed E-state index contributed by atoms with van der Waals surface area (Å²) in [4.78, 5) is 18.9. The monoisotopic (exact) mass is 337 g/mol. The van der Waals surface area contributed by atoms with Crippen LogP contribution in [0.4, 0.5) is 0 Å². The van der Waals surface area contributed by atoms with Crippen LogP contribution in [0.3, 0.4) is 0 Å². The minimum absolute atomic E-state index is 0.113. The first-order valence-corrected chi connectivity index (χ1v) is 9.27. The maximum Gasteiger partial charge on any atom is 0.220 e. The number of benzene rings is 1. The molecule has 0 radical (unpaired) electrons. The topological polar surface area (TPSA) is 45.2 Å². The van der Waals surface area contributed by atoms with E-state index in [1.807, 2.05) is 24.4 Å². The van der Waals surface area contributed by atoms with Gasteiger partial charge in [-0.05, 0) is 49.5 Å². The highest BCUT2D eigenvalue weighted by molar-refractivity contribution is 5.76. The fraction of sp³-hybridized carbons (Fsp3) is 0.429. The Hall–Kier alpha value is -2.20. The molecule has 0 aliphatic carbocycles. The summed E-state index contributed by atoms with van der Waals surface area (Å²) in [5.41, 5.74) is 2.39. The van der Waals surface area contributed by atoms with Crippen LogP contribution in [0.25, 0.3) is 0 Å². The van der Waals surface area contributed by atoms with E-state index in [4.69, 9.17) is 0 Å². The molecule has 2 aromatic rings. The van der Waals surface area contributed by atoms with Gasteiger partial charge in [0.25, 0.3) is 0 Å². The van der Waals surface area contributed by atoms with Gasteiger partial charge in [0.2, 0.25) is 5.91 Å². The number of likely N-dealkylation sites (tertiary alicyclic amines) is 1. The second kappa shape index (κ2) is 9.33. The molecule has 0 unspecified atom stereocenters. The van der Waals surface area contributed by atoms with Crippen LogP contribution in [0.15, 0.2) is 54.9 Å². The van der Waals surface area contributed by atoms with Crippen molar-refractivity contribution in [1.29, 1.82) is 0 Å². The largest absolute Gasteiger partial charge is 0.354 e. The number of carbonyl (C=O) groups excluding carboxylic acids is 1. The van der Waals surface area contributed by atoms with E-state index >= 15 is 0 Å². The third-order valence-corrected chi connectivity index (χ3v) is 4.87. The van der Waals surface area contributed by atoms with Crippen molar-refractivity contribution in [3.05, 3.63) is 66.0 Å². The summed E-state index contributed by atoms with van der Waals surface area (Å²) in [7, 11) is 0. The average Bonchev–Trinajstić information content (AvgIpc) is 2.69. The van der Waals surface area contributed by atoms with Gasteiger partial charge in [0.05, 0.1) is 6.04 Å². The molecular weight excluding hydrogens is 310 g/mol. The van der Waals surface area contributed by atoms with Crippen LogP contribution in [0.5, 0.6) is 0 Å². The molecule has 0 saturated carbocycles. The molecule has 1 saturated heterocycles. The van der Waals surface area contributed by atoms with Crippen LogP contribution >= 0.6 is 0 Å². The summed E-state index contributed by atoms with van der Waals surface area (Å²) in [5.74, 6) is 0.113. The van der Waals surface area contributed by atoms with Crippen molar-refractivity contribution in [3.63, 3.8) is 0 Å². The molecular formula is C21H27N3O. The molecule has 1 atom stereocenters. The molecule has 1 aliphatic heterocycles. The predicted octanol–water partition coefficient (Wildman–Crippen LogP) is 3.36. The fourth-order valence-corrected chi connectivity index (χ4v) is 3.47. The highest BCUT2D eigenvalue weighted by atomic mass is 16.1. The number of hydrogen-bond acceptors (Lipinski definition) is 3. The second-order valence-electron chi connectivity index (χ2n) is 6.69. The van der Waals surface area contributed by atoms with Gasteiger partial charge >= 0.3 is 0 Å². The van der Waals surface area contributed by atoms with Crippen LogP contribution in [-0.4, -0.2) is 35.4 Å². The summed E-state index contributed by atoms with van der Waals surface area (Å²) in [6, 6.07) is 14.7. The summed E-state index contributed by atoms with van der Waals surface area (Å²) < 4.78 is 0. The van der Waals surface area contributed by atoms with Gasteiger partial charge in [-0.25, -0.2) is 0 Å². The van der Waals surface area contributed by atoms with Gasteiger partial charge in [0.15, 0.2) is 0 Å². The number of pyridine rings is 1. The van der Waals surface area contributed by atoms with Gasteiger partial charge in [0, 0.05) is 25.4 Å². The van der Waals surface area contributed by atoms with Crippen LogP contribution in [-0.2, 0) is 11.2 Å². The molecule has 1 N–H and O–H groups in total. The molecule has 1 aromatic carbocycles. The van der Waals surface area contributed by atoms with Crippen molar-refractivity contribution in [2.24, 2.45) is 0 Å². The SMILES string of the molecule is O=C(CCc1cccnc1)NC[C@H](c1ccccc1)N1CCCCC1. The molecule has 1 aromatic heterocycles. The van der Waals surface area contributed by atoms with Crippen molar-refractivity contribution in [2.75, 3.05) is 19.6 Å². The Morgan fingerprint density at radius 1 is 1.08 bits per heavy atom. The molecule has 132 valence electrons. The van der Waals surface area contributed by atoms with Gasteiger partial charge in [0.1, 0.15) is 0 Å². The highest BCUT2D eigenvalue weighted by Crippen LogP contribution is 2.24. The van der Waals surface area contributed by atoms with Gasteiger partial charge in [-0.3, -0.25) is 14.7 Å². The number of aromatic nitrogens is 1. The number of hydrogen-bond donors (Lipinski definition) is 1. The number of nitrogens with zero attached hydrogens (tertiary/aromatic N) is 2. The van der Waals surface area contributed by atoms with Gasteiger partial charge in [-0.1, -0.05) is 42.8 Å². The zero-order valence-corrected chi connectivity index (χ0v) is 14.7. The van der Waals surface area contributed by atoms with Crippen LogP contribution in [0.1, 0.15) is 42.9 Å². The first-order valence-electron chi connectivity index (χ1n) is 9.27. The van der Waals surface area contributed by atoms with Gasteiger partial charge < -0.3 is 5.32 Å². The lowest BCUT2D eigenvalue weighted by atomic mass is 10.0. The molecule has 1 aliphatic rings. The molecule has 25 heavy (non-hydrogen) atoms. The lowest BCUT2D eigenvalue weighted by molar-refractivity contribution is -0.121. The second-order valence-corrected chi connectivity index (χ2v) is 6.69. The van der Waals surface area contributed by atoms with E-state index in [-0.39, 0.29) is 11.9 Å². The summed E-state index contributed by atoms with van der Waals surface area (Å²) in [5, 5.41) is 3.15. The zero-order valence-electron chi connectivity index (χ0n) is 14.7. The molecule has 4 nitrogen and oxygen atoms in total. The first-order chi connectivity index (χ1) is 12.3. The summed E-state index contributed by atoms with van der Waals surface area (Å²) >= 11 is 0. The third kappa shape index (κ3) is 5.40. The van der Waals surface area contributed by atoms with Gasteiger partial charge in [-0.2, -0.15) is 0 Å². The lowest BCUT2D eigenvalue weighted by Crippen LogP contribution is -2.40. The van der Waals surface area contributed by atoms with Crippen molar-refractivity contribution in [1.82, 2.24) is 15.2 Å². The number of rotatable bonds is 7. The molecule has 3 rings (SSSR count).